The van der Waals surface area contributed by atoms with E-state index in [4.69, 9.17) is 9.72 Å². The number of ether oxygens (including phenoxy) is 1. The molecule has 0 spiro atoms. The molecular formula is C14H16N2OS2. The van der Waals surface area contributed by atoms with Crippen molar-refractivity contribution >= 4 is 23.1 Å². The van der Waals surface area contributed by atoms with Gasteiger partial charge in [0, 0.05) is 29.0 Å². The first-order valence-corrected chi connectivity index (χ1v) is 8.32. The van der Waals surface area contributed by atoms with Crippen LogP contribution in [0.1, 0.15) is 11.0 Å². The van der Waals surface area contributed by atoms with E-state index in [0.29, 0.717) is 6.04 Å². The van der Waals surface area contributed by atoms with Gasteiger partial charge in [-0.1, -0.05) is 12.1 Å². The van der Waals surface area contributed by atoms with Crippen molar-refractivity contribution in [3.63, 3.8) is 0 Å². The topological polar surface area (TPSA) is 34.1 Å². The fraction of sp³-hybridized carbons (Fsp3) is 0.357. The normalized spacial score (nSPS) is 19.3. The third-order valence-electron chi connectivity index (χ3n) is 3.12. The van der Waals surface area contributed by atoms with Gasteiger partial charge in [0.25, 0.3) is 0 Å². The molecule has 0 radical (unpaired) electrons. The molecule has 2 heterocycles. The third-order valence-corrected chi connectivity index (χ3v) is 5.14. The van der Waals surface area contributed by atoms with Crippen LogP contribution in [-0.4, -0.2) is 30.1 Å². The van der Waals surface area contributed by atoms with E-state index in [1.807, 2.05) is 30.0 Å². The summed E-state index contributed by atoms with van der Waals surface area (Å²) in [4.78, 5) is 4.78. The first-order valence-electron chi connectivity index (χ1n) is 6.28. The van der Waals surface area contributed by atoms with Gasteiger partial charge in [0.15, 0.2) is 0 Å². The van der Waals surface area contributed by atoms with Gasteiger partial charge in [-0.25, -0.2) is 4.98 Å². The molecule has 1 aromatic carbocycles. The summed E-state index contributed by atoms with van der Waals surface area (Å²) < 4.78 is 5.40. The van der Waals surface area contributed by atoms with Crippen molar-refractivity contribution in [2.24, 2.45) is 0 Å². The molecule has 1 aromatic heterocycles. The summed E-state index contributed by atoms with van der Waals surface area (Å²) in [5.74, 6) is 3.19. The molecule has 1 aliphatic heterocycles. The fourth-order valence-electron chi connectivity index (χ4n) is 2.15. The Labute approximate surface area is 121 Å². The lowest BCUT2D eigenvalue weighted by Gasteiger charge is -2.20. The maximum atomic E-state index is 5.40. The number of nitrogens with one attached hydrogen (secondary N) is 1. The molecule has 1 aliphatic rings. The average molecular weight is 292 g/mol. The summed E-state index contributed by atoms with van der Waals surface area (Å²) in [5, 5.41) is 6.82. The van der Waals surface area contributed by atoms with Crippen LogP contribution in [0.25, 0.3) is 11.3 Å². The number of thiazole rings is 1. The van der Waals surface area contributed by atoms with Crippen LogP contribution in [0.2, 0.25) is 0 Å². The molecule has 0 saturated carbocycles. The van der Waals surface area contributed by atoms with Crippen molar-refractivity contribution in [3.8, 4) is 17.0 Å². The van der Waals surface area contributed by atoms with E-state index in [-0.39, 0.29) is 0 Å². The van der Waals surface area contributed by atoms with E-state index in [2.05, 4.69) is 16.8 Å². The van der Waals surface area contributed by atoms with Crippen molar-refractivity contribution < 1.29 is 4.74 Å². The SMILES string of the molecule is COc1ccccc1-c1csc(C2CSCCN2)n1. The van der Waals surface area contributed by atoms with E-state index in [9.17, 15) is 0 Å². The van der Waals surface area contributed by atoms with Crippen molar-refractivity contribution in [2.75, 3.05) is 25.2 Å². The van der Waals surface area contributed by atoms with Crippen LogP contribution in [0.4, 0.5) is 0 Å². The molecule has 19 heavy (non-hydrogen) atoms. The molecule has 3 nitrogen and oxygen atoms in total. The maximum Gasteiger partial charge on any atom is 0.128 e. The standard InChI is InChI=1S/C14H16N2OS2/c1-17-13-5-3-2-4-10(13)11-9-19-14(16-11)12-8-18-7-6-15-12/h2-5,9,12,15H,6-8H2,1H3. The number of thioether (sulfide) groups is 1. The second-order valence-electron chi connectivity index (χ2n) is 4.35. The quantitative estimate of drug-likeness (QED) is 0.942. The van der Waals surface area contributed by atoms with Crippen LogP contribution in [-0.2, 0) is 0 Å². The summed E-state index contributed by atoms with van der Waals surface area (Å²) in [7, 11) is 1.70. The highest BCUT2D eigenvalue weighted by atomic mass is 32.2. The molecule has 0 aliphatic carbocycles. The summed E-state index contributed by atoms with van der Waals surface area (Å²) in [6.07, 6.45) is 0. The number of aromatic nitrogens is 1. The van der Waals surface area contributed by atoms with Gasteiger partial charge in [-0.15, -0.1) is 11.3 Å². The van der Waals surface area contributed by atoms with Gasteiger partial charge in [0.1, 0.15) is 10.8 Å². The van der Waals surface area contributed by atoms with E-state index in [1.165, 1.54) is 10.8 Å². The monoisotopic (exact) mass is 292 g/mol. The largest absolute Gasteiger partial charge is 0.496 e. The van der Waals surface area contributed by atoms with Crippen LogP contribution in [0.3, 0.4) is 0 Å². The molecule has 0 amide bonds. The Bertz CT molecular complexity index is 550. The second kappa shape index (κ2) is 5.94. The molecule has 2 aromatic rings. The van der Waals surface area contributed by atoms with Gasteiger partial charge in [0.05, 0.1) is 18.8 Å². The first kappa shape index (κ1) is 13.0. The van der Waals surface area contributed by atoms with Gasteiger partial charge in [-0.3, -0.25) is 0 Å². The maximum absolute atomic E-state index is 5.40. The molecule has 100 valence electrons. The zero-order valence-corrected chi connectivity index (χ0v) is 12.4. The fourth-order valence-corrected chi connectivity index (χ4v) is 4.09. The average Bonchev–Trinajstić information content (AvgIpc) is 2.98. The highest BCUT2D eigenvalue weighted by Crippen LogP contribution is 2.33. The Hall–Kier alpha value is -1.04. The van der Waals surface area contributed by atoms with E-state index < -0.39 is 0 Å². The Balaban J connectivity index is 1.88. The Kier molecular flexibility index (Phi) is 4.06. The molecule has 3 rings (SSSR count). The molecule has 1 unspecified atom stereocenters. The summed E-state index contributed by atoms with van der Waals surface area (Å²) in [6, 6.07) is 8.43. The Morgan fingerprint density at radius 2 is 2.26 bits per heavy atom. The second-order valence-corrected chi connectivity index (χ2v) is 6.39. The Morgan fingerprint density at radius 1 is 1.37 bits per heavy atom. The Morgan fingerprint density at radius 3 is 3.05 bits per heavy atom. The molecule has 0 bridgehead atoms. The molecule has 1 fully saturated rings. The zero-order valence-electron chi connectivity index (χ0n) is 10.8. The van der Waals surface area contributed by atoms with Crippen LogP contribution in [0.5, 0.6) is 5.75 Å². The van der Waals surface area contributed by atoms with E-state index in [0.717, 1.165) is 29.3 Å². The van der Waals surface area contributed by atoms with Crippen LogP contribution < -0.4 is 10.1 Å². The molecule has 1 N–H and O–H groups in total. The van der Waals surface area contributed by atoms with Gasteiger partial charge < -0.3 is 10.1 Å². The smallest absolute Gasteiger partial charge is 0.128 e. The van der Waals surface area contributed by atoms with Gasteiger partial charge in [-0.05, 0) is 12.1 Å². The molecule has 5 heteroatoms. The number of methoxy groups -OCH3 is 1. The lowest BCUT2D eigenvalue weighted by atomic mass is 10.1. The van der Waals surface area contributed by atoms with Crippen molar-refractivity contribution in [3.05, 3.63) is 34.7 Å². The minimum absolute atomic E-state index is 0.396. The lowest BCUT2D eigenvalue weighted by Crippen LogP contribution is -2.30. The number of nitrogens with zero attached hydrogens (tertiary/aromatic N) is 1. The number of benzene rings is 1. The third kappa shape index (κ3) is 2.78. The van der Waals surface area contributed by atoms with Crippen LogP contribution in [0.15, 0.2) is 29.6 Å². The number of hydrogen-bond donors (Lipinski definition) is 1. The highest BCUT2D eigenvalue weighted by Gasteiger charge is 2.19. The molecule has 1 saturated heterocycles. The van der Waals surface area contributed by atoms with Gasteiger partial charge in [-0.2, -0.15) is 11.8 Å². The van der Waals surface area contributed by atoms with Crippen molar-refractivity contribution in [2.45, 2.75) is 6.04 Å². The minimum Gasteiger partial charge on any atom is -0.496 e. The number of rotatable bonds is 3. The lowest BCUT2D eigenvalue weighted by molar-refractivity contribution is 0.416. The number of hydrogen-bond acceptors (Lipinski definition) is 5. The van der Waals surface area contributed by atoms with Gasteiger partial charge in [0.2, 0.25) is 0 Å². The summed E-state index contributed by atoms with van der Waals surface area (Å²) in [6.45, 7) is 1.07. The predicted molar refractivity (Wildman–Crippen MR) is 82.2 cm³/mol. The molecule has 1 atom stereocenters. The van der Waals surface area contributed by atoms with Crippen LogP contribution >= 0.6 is 23.1 Å². The van der Waals surface area contributed by atoms with Crippen LogP contribution in [0, 0.1) is 0 Å². The minimum atomic E-state index is 0.396. The predicted octanol–water partition coefficient (Wildman–Crippen LogP) is 3.20. The summed E-state index contributed by atoms with van der Waals surface area (Å²) >= 11 is 3.72. The van der Waals surface area contributed by atoms with E-state index >= 15 is 0 Å². The van der Waals surface area contributed by atoms with Crippen molar-refractivity contribution in [1.29, 1.82) is 0 Å². The van der Waals surface area contributed by atoms with Gasteiger partial charge >= 0.3 is 0 Å². The highest BCUT2D eigenvalue weighted by molar-refractivity contribution is 7.99. The number of para-hydroxylation sites is 1. The first-order chi connectivity index (χ1) is 9.38. The summed E-state index contributed by atoms with van der Waals surface area (Å²) in [5.41, 5.74) is 2.07. The van der Waals surface area contributed by atoms with E-state index in [1.54, 1.807) is 18.4 Å². The zero-order chi connectivity index (χ0) is 13.1. The molecular weight excluding hydrogens is 276 g/mol. The van der Waals surface area contributed by atoms with Crippen molar-refractivity contribution in [1.82, 2.24) is 10.3 Å².